The largest absolute Gasteiger partial charge is 0.302 e. The maximum absolute atomic E-state index is 12.4. The van der Waals surface area contributed by atoms with E-state index in [0.29, 0.717) is 17.1 Å². The van der Waals surface area contributed by atoms with E-state index in [-0.39, 0.29) is 23.4 Å². The van der Waals surface area contributed by atoms with Crippen LogP contribution in [0, 0.1) is 39.7 Å². The van der Waals surface area contributed by atoms with Crippen LogP contribution in [0.2, 0.25) is 0 Å². The minimum Gasteiger partial charge on any atom is -0.302 e. The first-order valence-corrected chi connectivity index (χ1v) is 7.79. The number of para-hydroxylation sites is 1. The molecule has 0 saturated heterocycles. The molecule has 0 aliphatic heterocycles. The molecule has 1 aromatic carbocycles. The molecule has 0 bridgehead atoms. The molecule has 0 saturated carbocycles. The summed E-state index contributed by atoms with van der Waals surface area (Å²) in [5, 5.41) is 34.1. The van der Waals surface area contributed by atoms with Gasteiger partial charge in [0.05, 0.1) is 40.3 Å². The summed E-state index contributed by atoms with van der Waals surface area (Å²) in [4.78, 5) is 22.9. The normalized spacial score (nSPS) is 10.2. The number of aromatic nitrogens is 3. The summed E-state index contributed by atoms with van der Waals surface area (Å²) >= 11 is 0. The molecule has 2 heterocycles. The zero-order chi connectivity index (χ0) is 19.6. The van der Waals surface area contributed by atoms with Gasteiger partial charge in [0.25, 0.3) is 11.2 Å². The minimum atomic E-state index is -0.679. The first-order valence-electron chi connectivity index (χ1n) is 7.79. The lowest BCUT2D eigenvalue weighted by Gasteiger charge is -2.10. The summed E-state index contributed by atoms with van der Waals surface area (Å²) in [5.41, 5.74) is 0.415. The van der Waals surface area contributed by atoms with E-state index in [0.717, 1.165) is 16.8 Å². The monoisotopic (exact) mass is 360 g/mol. The number of benzene rings is 1. The van der Waals surface area contributed by atoms with E-state index in [1.165, 1.54) is 4.68 Å². The first-order chi connectivity index (χ1) is 13.0. The second kappa shape index (κ2) is 6.94. The molecule has 0 N–H and O–H groups in total. The lowest BCUT2D eigenvalue weighted by molar-refractivity contribution is -0.385. The third kappa shape index (κ3) is 3.17. The zero-order valence-electron chi connectivity index (χ0n) is 14.2. The van der Waals surface area contributed by atoms with Crippen LogP contribution in [0.15, 0.2) is 47.4 Å². The molecule has 0 aliphatic rings. The summed E-state index contributed by atoms with van der Waals surface area (Å²) in [6, 6.07) is 13.7. The average Bonchev–Trinajstić information content (AvgIpc) is 2.99. The zero-order valence-corrected chi connectivity index (χ0v) is 14.2. The molecule has 0 spiro atoms. The van der Waals surface area contributed by atoms with Crippen LogP contribution < -0.4 is 5.56 Å². The van der Waals surface area contributed by atoms with Crippen LogP contribution in [0.4, 0.5) is 5.69 Å². The highest BCUT2D eigenvalue weighted by molar-refractivity contribution is 5.44. The molecule has 9 heteroatoms. The Morgan fingerprint density at radius 1 is 1.22 bits per heavy atom. The molecule has 2 aromatic heterocycles. The number of nitro groups is 1. The van der Waals surface area contributed by atoms with Crippen molar-refractivity contribution >= 4 is 5.69 Å². The van der Waals surface area contributed by atoms with E-state index in [2.05, 4.69) is 11.2 Å². The third-order valence-corrected chi connectivity index (χ3v) is 3.99. The van der Waals surface area contributed by atoms with E-state index in [9.17, 15) is 20.2 Å². The standard InChI is InChI=1S/C18H12N6O3/c1-12-16(9-20)17(23(21-12)14-5-3-2-4-6-14)11-22-10-15(24(26)27)7-13(8-19)18(22)25/h2-7,10H,11H2,1H3. The fourth-order valence-electron chi connectivity index (χ4n) is 2.73. The average molecular weight is 360 g/mol. The Morgan fingerprint density at radius 3 is 2.52 bits per heavy atom. The molecule has 9 nitrogen and oxygen atoms in total. The van der Waals surface area contributed by atoms with Crippen LogP contribution in [0.25, 0.3) is 5.69 Å². The van der Waals surface area contributed by atoms with Gasteiger partial charge < -0.3 is 4.57 Å². The lowest BCUT2D eigenvalue weighted by Crippen LogP contribution is -2.24. The summed E-state index contributed by atoms with van der Waals surface area (Å²) < 4.78 is 2.57. The molecule has 0 amide bonds. The predicted molar refractivity (Wildman–Crippen MR) is 94.2 cm³/mol. The number of rotatable bonds is 4. The van der Waals surface area contributed by atoms with E-state index < -0.39 is 10.5 Å². The van der Waals surface area contributed by atoms with Gasteiger partial charge in [-0.15, -0.1) is 0 Å². The number of hydrogen-bond acceptors (Lipinski definition) is 6. The van der Waals surface area contributed by atoms with Crippen molar-refractivity contribution in [3.05, 3.63) is 85.6 Å². The van der Waals surface area contributed by atoms with Gasteiger partial charge in [-0.2, -0.15) is 15.6 Å². The quantitative estimate of drug-likeness (QED) is 0.517. The lowest BCUT2D eigenvalue weighted by atomic mass is 10.2. The van der Waals surface area contributed by atoms with Crippen molar-refractivity contribution in [1.29, 1.82) is 10.5 Å². The molecule has 3 aromatic rings. The summed E-state index contributed by atoms with van der Waals surface area (Å²) in [7, 11) is 0. The number of aryl methyl sites for hydroxylation is 1. The fraction of sp³-hybridized carbons (Fsp3) is 0.111. The Morgan fingerprint density at radius 2 is 1.93 bits per heavy atom. The van der Waals surface area contributed by atoms with E-state index in [1.54, 1.807) is 37.3 Å². The van der Waals surface area contributed by atoms with Gasteiger partial charge in [-0.1, -0.05) is 18.2 Å². The number of nitrogens with zero attached hydrogens (tertiary/aromatic N) is 6. The Bertz CT molecular complexity index is 1180. The van der Waals surface area contributed by atoms with Crippen LogP contribution >= 0.6 is 0 Å². The van der Waals surface area contributed by atoms with Crippen molar-refractivity contribution in [3.63, 3.8) is 0 Å². The minimum absolute atomic E-state index is 0.145. The Labute approximate surface area is 153 Å². The Kier molecular flexibility index (Phi) is 4.52. The maximum Gasteiger partial charge on any atom is 0.287 e. The number of pyridine rings is 1. The van der Waals surface area contributed by atoms with Crippen LogP contribution in [0.5, 0.6) is 0 Å². The van der Waals surface area contributed by atoms with Gasteiger partial charge in [0.15, 0.2) is 0 Å². The van der Waals surface area contributed by atoms with Crippen LogP contribution in [-0.4, -0.2) is 19.3 Å². The van der Waals surface area contributed by atoms with Crippen molar-refractivity contribution in [3.8, 4) is 17.8 Å². The summed E-state index contributed by atoms with van der Waals surface area (Å²) in [6.45, 7) is 1.52. The smallest absolute Gasteiger partial charge is 0.287 e. The van der Waals surface area contributed by atoms with Crippen molar-refractivity contribution in [1.82, 2.24) is 14.3 Å². The predicted octanol–water partition coefficient (Wildman–Crippen LogP) is 2.04. The molecule has 0 atom stereocenters. The van der Waals surface area contributed by atoms with Crippen LogP contribution in [-0.2, 0) is 6.54 Å². The molecule has 0 fully saturated rings. The molecule has 3 rings (SSSR count). The first kappa shape index (κ1) is 17.6. The Balaban J connectivity index is 2.22. The molecule has 0 radical (unpaired) electrons. The topological polar surface area (TPSA) is 131 Å². The molecule has 0 unspecified atom stereocenters. The van der Waals surface area contributed by atoms with Gasteiger partial charge >= 0.3 is 0 Å². The molecule has 0 aliphatic carbocycles. The van der Waals surface area contributed by atoms with Crippen molar-refractivity contribution < 1.29 is 4.92 Å². The van der Waals surface area contributed by atoms with E-state index >= 15 is 0 Å². The van der Waals surface area contributed by atoms with Crippen molar-refractivity contribution in [2.24, 2.45) is 0 Å². The van der Waals surface area contributed by atoms with Gasteiger partial charge in [-0.05, 0) is 19.1 Å². The molecular formula is C18H12N6O3. The molecular weight excluding hydrogens is 348 g/mol. The highest BCUT2D eigenvalue weighted by atomic mass is 16.6. The highest BCUT2D eigenvalue weighted by Gasteiger charge is 2.20. The van der Waals surface area contributed by atoms with Gasteiger partial charge in [0.1, 0.15) is 17.7 Å². The molecule has 27 heavy (non-hydrogen) atoms. The Hall–Kier alpha value is -4.24. The van der Waals surface area contributed by atoms with Gasteiger partial charge in [0, 0.05) is 6.07 Å². The SMILES string of the molecule is Cc1nn(-c2ccccc2)c(Cn2cc([N+](=O)[O-])cc(C#N)c2=O)c1C#N. The van der Waals surface area contributed by atoms with Crippen LogP contribution in [0.3, 0.4) is 0 Å². The van der Waals surface area contributed by atoms with Gasteiger partial charge in [-0.3, -0.25) is 14.9 Å². The van der Waals surface area contributed by atoms with Gasteiger partial charge in [-0.25, -0.2) is 4.68 Å². The van der Waals surface area contributed by atoms with E-state index in [4.69, 9.17) is 5.26 Å². The van der Waals surface area contributed by atoms with Crippen molar-refractivity contribution in [2.45, 2.75) is 13.5 Å². The van der Waals surface area contributed by atoms with Crippen LogP contribution in [0.1, 0.15) is 22.5 Å². The second-order valence-corrected chi connectivity index (χ2v) is 5.68. The highest BCUT2D eigenvalue weighted by Crippen LogP contribution is 2.20. The summed E-state index contributed by atoms with van der Waals surface area (Å²) in [5.74, 6) is 0. The number of nitriles is 2. The third-order valence-electron chi connectivity index (χ3n) is 3.99. The number of hydrogen-bond donors (Lipinski definition) is 0. The maximum atomic E-state index is 12.4. The van der Waals surface area contributed by atoms with E-state index in [1.807, 2.05) is 6.07 Å². The molecule has 132 valence electrons. The summed E-state index contributed by atoms with van der Waals surface area (Å²) in [6.07, 6.45) is 1.06. The second-order valence-electron chi connectivity index (χ2n) is 5.68. The fourth-order valence-corrected chi connectivity index (χ4v) is 2.73. The van der Waals surface area contributed by atoms with Crippen molar-refractivity contribution in [2.75, 3.05) is 0 Å². The van der Waals surface area contributed by atoms with Gasteiger partial charge in [0.2, 0.25) is 0 Å².